The van der Waals surface area contributed by atoms with E-state index >= 15 is 0 Å². The molecule has 2 nitrogen and oxygen atoms in total. The van der Waals surface area contributed by atoms with Crippen LogP contribution in [0.1, 0.15) is 18.4 Å². The highest BCUT2D eigenvalue weighted by atomic mass is 19.1. The van der Waals surface area contributed by atoms with Gasteiger partial charge in [0.1, 0.15) is 6.67 Å². The van der Waals surface area contributed by atoms with Crippen molar-refractivity contribution in [3.63, 3.8) is 0 Å². The molecule has 0 amide bonds. The van der Waals surface area contributed by atoms with Crippen molar-refractivity contribution in [1.29, 1.82) is 0 Å². The average Bonchev–Trinajstić information content (AvgIpc) is 2.38. The van der Waals surface area contributed by atoms with E-state index in [-0.39, 0.29) is 6.67 Å². The molecule has 17 heavy (non-hydrogen) atoms. The highest BCUT2D eigenvalue weighted by Crippen LogP contribution is 2.13. The van der Waals surface area contributed by atoms with Crippen molar-refractivity contribution >= 4 is 0 Å². The predicted octanol–water partition coefficient (Wildman–Crippen LogP) is 2.21. The molecule has 3 heteroatoms. The zero-order chi connectivity index (χ0) is 11.9. The normalized spacial score (nSPS) is 21.6. The summed E-state index contributed by atoms with van der Waals surface area (Å²) in [6, 6.07) is 11.0. The van der Waals surface area contributed by atoms with E-state index in [1.165, 1.54) is 18.4 Å². The standard InChI is InChI=1S/C14H21FN2/c15-8-9-16-14-7-4-10-17(12-14)11-13-5-2-1-3-6-13/h1-3,5-6,14,16H,4,7-12H2. The summed E-state index contributed by atoms with van der Waals surface area (Å²) in [5.41, 5.74) is 1.36. The lowest BCUT2D eigenvalue weighted by Gasteiger charge is -2.33. The lowest BCUT2D eigenvalue weighted by molar-refractivity contribution is 0.182. The van der Waals surface area contributed by atoms with Gasteiger partial charge in [-0.15, -0.1) is 0 Å². The summed E-state index contributed by atoms with van der Waals surface area (Å²) in [4.78, 5) is 2.45. The SMILES string of the molecule is FCCNC1CCCN(Cc2ccccc2)C1. The molecule has 1 aromatic carbocycles. The number of nitrogens with one attached hydrogen (secondary N) is 1. The van der Waals surface area contributed by atoms with Gasteiger partial charge >= 0.3 is 0 Å². The Morgan fingerprint density at radius 3 is 2.88 bits per heavy atom. The largest absolute Gasteiger partial charge is 0.310 e. The van der Waals surface area contributed by atoms with E-state index in [4.69, 9.17) is 0 Å². The van der Waals surface area contributed by atoms with E-state index in [0.717, 1.165) is 19.6 Å². The molecule has 94 valence electrons. The molecule has 2 rings (SSSR count). The number of halogens is 1. The van der Waals surface area contributed by atoms with Gasteiger partial charge in [-0.2, -0.15) is 0 Å². The molecule has 0 bridgehead atoms. The summed E-state index contributed by atoms with van der Waals surface area (Å²) in [6.07, 6.45) is 2.38. The predicted molar refractivity (Wildman–Crippen MR) is 68.7 cm³/mol. The molecule has 1 fully saturated rings. The van der Waals surface area contributed by atoms with Gasteiger partial charge in [-0.05, 0) is 24.9 Å². The van der Waals surface area contributed by atoms with Crippen molar-refractivity contribution < 1.29 is 4.39 Å². The van der Waals surface area contributed by atoms with Crippen molar-refractivity contribution in [3.05, 3.63) is 35.9 Å². The maximum atomic E-state index is 12.1. The minimum atomic E-state index is -0.269. The summed E-state index contributed by atoms with van der Waals surface area (Å²) in [5, 5.41) is 3.27. The number of nitrogens with zero attached hydrogens (tertiary/aromatic N) is 1. The molecule has 1 aromatic rings. The molecule has 1 saturated heterocycles. The third-order valence-corrected chi connectivity index (χ3v) is 3.28. The smallest absolute Gasteiger partial charge is 0.102 e. The van der Waals surface area contributed by atoms with Gasteiger partial charge in [0.25, 0.3) is 0 Å². The first-order valence-electron chi connectivity index (χ1n) is 6.44. The Morgan fingerprint density at radius 2 is 2.12 bits per heavy atom. The highest BCUT2D eigenvalue weighted by molar-refractivity contribution is 5.14. The molecule has 1 aliphatic rings. The Kier molecular flexibility index (Phi) is 4.95. The van der Waals surface area contributed by atoms with Crippen LogP contribution < -0.4 is 5.32 Å². The zero-order valence-corrected chi connectivity index (χ0v) is 10.2. The first kappa shape index (κ1) is 12.5. The van der Waals surface area contributed by atoms with Crippen molar-refractivity contribution in [2.75, 3.05) is 26.3 Å². The molecular formula is C14H21FN2. The third kappa shape index (κ3) is 4.10. The van der Waals surface area contributed by atoms with Gasteiger partial charge in [0, 0.05) is 25.7 Å². The number of hydrogen-bond donors (Lipinski definition) is 1. The number of piperidine rings is 1. The van der Waals surface area contributed by atoms with Crippen molar-refractivity contribution in [2.24, 2.45) is 0 Å². The van der Waals surface area contributed by atoms with Gasteiger partial charge in [0.15, 0.2) is 0 Å². The fourth-order valence-electron chi connectivity index (χ4n) is 2.47. The van der Waals surface area contributed by atoms with Crippen LogP contribution >= 0.6 is 0 Å². The van der Waals surface area contributed by atoms with Gasteiger partial charge in [-0.1, -0.05) is 30.3 Å². The summed E-state index contributed by atoms with van der Waals surface area (Å²) in [6.45, 7) is 3.42. The van der Waals surface area contributed by atoms with Crippen LogP contribution in [0.2, 0.25) is 0 Å². The Bertz CT molecular complexity index is 315. The number of likely N-dealkylation sites (tertiary alicyclic amines) is 1. The second-order valence-electron chi connectivity index (χ2n) is 4.70. The molecule has 0 spiro atoms. The van der Waals surface area contributed by atoms with E-state index in [1.54, 1.807) is 0 Å². The van der Waals surface area contributed by atoms with Gasteiger partial charge in [-0.3, -0.25) is 4.90 Å². The minimum absolute atomic E-state index is 0.269. The maximum Gasteiger partial charge on any atom is 0.102 e. The molecule has 1 aliphatic heterocycles. The van der Waals surface area contributed by atoms with Crippen molar-refractivity contribution in [2.45, 2.75) is 25.4 Å². The lowest BCUT2D eigenvalue weighted by Crippen LogP contribution is -2.45. The van der Waals surface area contributed by atoms with Gasteiger partial charge in [0.05, 0.1) is 0 Å². The monoisotopic (exact) mass is 236 g/mol. The minimum Gasteiger partial charge on any atom is -0.310 e. The van der Waals surface area contributed by atoms with Gasteiger partial charge in [0.2, 0.25) is 0 Å². The van der Waals surface area contributed by atoms with Crippen LogP contribution in [-0.2, 0) is 6.54 Å². The van der Waals surface area contributed by atoms with Crippen molar-refractivity contribution in [3.8, 4) is 0 Å². The van der Waals surface area contributed by atoms with Gasteiger partial charge in [-0.25, -0.2) is 4.39 Å². The van der Waals surface area contributed by atoms with Crippen LogP contribution in [0.15, 0.2) is 30.3 Å². The summed E-state index contributed by atoms with van der Waals surface area (Å²) in [5.74, 6) is 0. The second-order valence-corrected chi connectivity index (χ2v) is 4.70. The topological polar surface area (TPSA) is 15.3 Å². The van der Waals surface area contributed by atoms with E-state index in [0.29, 0.717) is 12.6 Å². The average molecular weight is 236 g/mol. The first-order chi connectivity index (χ1) is 8.38. The summed E-state index contributed by atoms with van der Waals surface area (Å²) >= 11 is 0. The van der Waals surface area contributed by atoms with Crippen LogP contribution in [0.3, 0.4) is 0 Å². The molecule has 1 unspecified atom stereocenters. The van der Waals surface area contributed by atoms with Crippen LogP contribution in [0.5, 0.6) is 0 Å². The zero-order valence-electron chi connectivity index (χ0n) is 10.2. The Morgan fingerprint density at radius 1 is 1.29 bits per heavy atom. The lowest BCUT2D eigenvalue weighted by atomic mass is 10.0. The molecule has 0 saturated carbocycles. The summed E-state index contributed by atoms with van der Waals surface area (Å²) in [7, 11) is 0. The Labute approximate surface area is 103 Å². The number of hydrogen-bond acceptors (Lipinski definition) is 2. The van der Waals surface area contributed by atoms with Crippen molar-refractivity contribution in [1.82, 2.24) is 10.2 Å². The quantitative estimate of drug-likeness (QED) is 0.843. The van der Waals surface area contributed by atoms with Crippen LogP contribution in [0.4, 0.5) is 4.39 Å². The van der Waals surface area contributed by atoms with E-state index in [1.807, 2.05) is 6.07 Å². The van der Waals surface area contributed by atoms with E-state index in [9.17, 15) is 4.39 Å². The molecule has 0 aromatic heterocycles. The fraction of sp³-hybridized carbons (Fsp3) is 0.571. The molecule has 1 heterocycles. The fourth-order valence-corrected chi connectivity index (χ4v) is 2.47. The number of rotatable bonds is 5. The second kappa shape index (κ2) is 6.72. The number of alkyl halides is 1. The molecule has 0 aliphatic carbocycles. The first-order valence-corrected chi connectivity index (χ1v) is 6.44. The molecule has 1 N–H and O–H groups in total. The number of benzene rings is 1. The van der Waals surface area contributed by atoms with Crippen LogP contribution in [0, 0.1) is 0 Å². The van der Waals surface area contributed by atoms with Gasteiger partial charge < -0.3 is 5.32 Å². The van der Waals surface area contributed by atoms with E-state index in [2.05, 4.69) is 34.5 Å². The third-order valence-electron chi connectivity index (χ3n) is 3.28. The summed E-state index contributed by atoms with van der Waals surface area (Å²) < 4.78 is 12.1. The van der Waals surface area contributed by atoms with E-state index < -0.39 is 0 Å². The van der Waals surface area contributed by atoms with Crippen LogP contribution in [-0.4, -0.2) is 37.3 Å². The van der Waals surface area contributed by atoms with Crippen LogP contribution in [0.25, 0.3) is 0 Å². The highest BCUT2D eigenvalue weighted by Gasteiger charge is 2.18. The Balaban J connectivity index is 1.81. The Hall–Kier alpha value is -0.930. The maximum absolute atomic E-state index is 12.1. The molecule has 0 radical (unpaired) electrons. The molecular weight excluding hydrogens is 215 g/mol. The molecule has 1 atom stereocenters.